The lowest BCUT2D eigenvalue weighted by molar-refractivity contribution is 0.440. The summed E-state index contributed by atoms with van der Waals surface area (Å²) in [5, 5.41) is 0.389. The first kappa shape index (κ1) is 11.2. The fraction of sp³-hybridized carbons (Fsp3) is 1.00. The van der Waals surface area contributed by atoms with Gasteiger partial charge in [0.05, 0.1) is 0 Å². The summed E-state index contributed by atoms with van der Waals surface area (Å²) in [6.45, 7) is 6.16. The zero-order valence-corrected chi connectivity index (χ0v) is 9.69. The van der Waals surface area contributed by atoms with Gasteiger partial charge in [0, 0.05) is 26.8 Å². The first-order valence-electron chi connectivity index (χ1n) is 5.07. The molecule has 3 heteroatoms. The molecule has 0 radical (unpaired) electrons. The molecule has 1 unspecified atom stereocenters. The molecule has 0 aromatic carbocycles. The van der Waals surface area contributed by atoms with Crippen LogP contribution >= 0.6 is 0 Å². The van der Waals surface area contributed by atoms with Crippen LogP contribution in [0.4, 0.5) is 0 Å². The van der Waals surface area contributed by atoms with Gasteiger partial charge in [-0.15, -0.1) is 0 Å². The van der Waals surface area contributed by atoms with Gasteiger partial charge in [-0.25, -0.2) is 0 Å². The second kappa shape index (κ2) is 4.09. The third-order valence-electron chi connectivity index (χ3n) is 2.63. The zero-order chi connectivity index (χ0) is 10.1. The van der Waals surface area contributed by atoms with E-state index in [1.54, 1.807) is 0 Å². The van der Waals surface area contributed by atoms with E-state index in [0.717, 1.165) is 25.7 Å². The number of hydrogen-bond acceptors (Lipinski definition) is 2. The fourth-order valence-corrected chi connectivity index (χ4v) is 3.50. The van der Waals surface area contributed by atoms with Crippen LogP contribution in [0.25, 0.3) is 0 Å². The van der Waals surface area contributed by atoms with Crippen molar-refractivity contribution < 1.29 is 4.21 Å². The Morgan fingerprint density at radius 2 is 1.62 bits per heavy atom. The minimum Gasteiger partial charge on any atom is -0.328 e. The highest BCUT2D eigenvalue weighted by Gasteiger charge is 2.30. The highest BCUT2D eigenvalue weighted by atomic mass is 32.2. The van der Waals surface area contributed by atoms with Crippen LogP contribution in [0.5, 0.6) is 0 Å². The summed E-state index contributed by atoms with van der Waals surface area (Å²) < 4.78 is 11.9. The summed E-state index contributed by atoms with van der Waals surface area (Å²) in [5.74, 6) is 0. The van der Waals surface area contributed by atoms with Crippen molar-refractivity contribution in [1.29, 1.82) is 0 Å². The van der Waals surface area contributed by atoms with Crippen LogP contribution in [0, 0.1) is 0 Å². The van der Waals surface area contributed by atoms with E-state index < -0.39 is 10.8 Å². The Hall–Kier alpha value is 0.110. The van der Waals surface area contributed by atoms with Crippen LogP contribution < -0.4 is 5.73 Å². The second-order valence-corrected chi connectivity index (χ2v) is 7.43. The molecule has 0 bridgehead atoms. The van der Waals surface area contributed by atoms with Crippen LogP contribution in [0.15, 0.2) is 0 Å². The average molecular weight is 203 g/mol. The van der Waals surface area contributed by atoms with Crippen molar-refractivity contribution in [3.05, 3.63) is 0 Å². The maximum Gasteiger partial charge on any atom is 0.0377 e. The molecule has 0 saturated heterocycles. The molecule has 0 amide bonds. The zero-order valence-electron chi connectivity index (χ0n) is 8.88. The normalized spacial score (nSPS) is 32.9. The van der Waals surface area contributed by atoms with E-state index in [0.29, 0.717) is 11.3 Å². The van der Waals surface area contributed by atoms with Gasteiger partial charge in [0.15, 0.2) is 0 Å². The monoisotopic (exact) mass is 203 g/mol. The third-order valence-corrected chi connectivity index (χ3v) is 4.91. The highest BCUT2D eigenvalue weighted by Crippen LogP contribution is 2.27. The molecule has 1 atom stereocenters. The summed E-state index contributed by atoms with van der Waals surface area (Å²) in [7, 11) is -0.694. The van der Waals surface area contributed by atoms with Crippen molar-refractivity contribution in [2.24, 2.45) is 5.73 Å². The van der Waals surface area contributed by atoms with Crippen LogP contribution in [0.1, 0.15) is 46.5 Å². The molecule has 1 aliphatic carbocycles. The molecule has 0 aliphatic heterocycles. The smallest absolute Gasteiger partial charge is 0.0377 e. The molecule has 0 heterocycles. The van der Waals surface area contributed by atoms with Gasteiger partial charge in [-0.2, -0.15) is 0 Å². The summed E-state index contributed by atoms with van der Waals surface area (Å²) >= 11 is 0. The van der Waals surface area contributed by atoms with Crippen molar-refractivity contribution >= 4 is 10.8 Å². The molecule has 0 aromatic heterocycles. The molecule has 1 fully saturated rings. The van der Waals surface area contributed by atoms with Gasteiger partial charge in [0.2, 0.25) is 0 Å². The molecule has 0 spiro atoms. The Morgan fingerprint density at radius 1 is 1.15 bits per heavy atom. The molecule has 1 saturated carbocycles. The summed E-state index contributed by atoms with van der Waals surface area (Å²) in [4.78, 5) is 0. The van der Waals surface area contributed by atoms with Gasteiger partial charge < -0.3 is 5.73 Å². The Kier molecular flexibility index (Phi) is 3.52. The first-order chi connectivity index (χ1) is 5.91. The fourth-order valence-electron chi connectivity index (χ4n) is 1.80. The van der Waals surface area contributed by atoms with E-state index in [1.807, 2.05) is 0 Å². The molecule has 1 aliphatic rings. The van der Waals surface area contributed by atoms with E-state index in [1.165, 1.54) is 0 Å². The lowest BCUT2D eigenvalue weighted by atomic mass is 9.96. The van der Waals surface area contributed by atoms with Crippen LogP contribution in [0.3, 0.4) is 0 Å². The van der Waals surface area contributed by atoms with Crippen molar-refractivity contribution in [2.45, 2.75) is 62.5 Å². The summed E-state index contributed by atoms with van der Waals surface area (Å²) in [5.41, 5.74) is 5.81. The van der Waals surface area contributed by atoms with Gasteiger partial charge in [-0.05, 0) is 46.5 Å². The Labute approximate surface area is 83.7 Å². The van der Waals surface area contributed by atoms with Gasteiger partial charge in [0.1, 0.15) is 0 Å². The predicted octanol–water partition coefficient (Wildman–Crippen LogP) is 1.80. The number of rotatable bonds is 1. The maximum atomic E-state index is 12.0. The maximum absolute atomic E-state index is 12.0. The third kappa shape index (κ3) is 3.06. The van der Waals surface area contributed by atoms with Crippen molar-refractivity contribution in [2.75, 3.05) is 0 Å². The van der Waals surface area contributed by atoms with Crippen LogP contribution in [0.2, 0.25) is 0 Å². The quantitative estimate of drug-likeness (QED) is 0.706. The molecule has 2 nitrogen and oxygen atoms in total. The standard InChI is InChI=1S/C10H21NOS/c1-10(2,3)13(12)9-6-4-8(11)5-7-9/h8-9H,4-7,11H2,1-3H3. The molecule has 78 valence electrons. The van der Waals surface area contributed by atoms with E-state index in [4.69, 9.17) is 5.73 Å². The van der Waals surface area contributed by atoms with Gasteiger partial charge in [-0.1, -0.05) is 0 Å². The van der Waals surface area contributed by atoms with Crippen LogP contribution in [-0.4, -0.2) is 20.2 Å². The van der Waals surface area contributed by atoms with Crippen molar-refractivity contribution in [3.63, 3.8) is 0 Å². The molecular formula is C10H21NOS. The Morgan fingerprint density at radius 3 is 2.00 bits per heavy atom. The molecule has 13 heavy (non-hydrogen) atoms. The number of hydrogen-bond donors (Lipinski definition) is 1. The molecule has 1 rings (SSSR count). The summed E-state index contributed by atoms with van der Waals surface area (Å²) in [6, 6.07) is 0.355. The summed E-state index contributed by atoms with van der Waals surface area (Å²) in [6.07, 6.45) is 4.19. The molecule has 0 aromatic rings. The van der Waals surface area contributed by atoms with E-state index in [-0.39, 0.29) is 4.75 Å². The predicted molar refractivity (Wildman–Crippen MR) is 58.1 cm³/mol. The minimum atomic E-state index is -0.694. The van der Waals surface area contributed by atoms with E-state index in [2.05, 4.69) is 20.8 Å². The lowest BCUT2D eigenvalue weighted by Gasteiger charge is -2.30. The average Bonchev–Trinajstić information content (AvgIpc) is 2.03. The Balaban J connectivity index is 2.50. The molecule has 2 N–H and O–H groups in total. The molecular weight excluding hydrogens is 182 g/mol. The van der Waals surface area contributed by atoms with E-state index in [9.17, 15) is 4.21 Å². The largest absolute Gasteiger partial charge is 0.328 e. The Bertz CT molecular complexity index is 190. The minimum absolute atomic E-state index is 0.0634. The number of nitrogens with two attached hydrogens (primary N) is 1. The lowest BCUT2D eigenvalue weighted by Crippen LogP contribution is -2.37. The van der Waals surface area contributed by atoms with Crippen LogP contribution in [-0.2, 0) is 10.8 Å². The highest BCUT2D eigenvalue weighted by molar-refractivity contribution is 7.87. The SMILES string of the molecule is CC(C)(C)S(=O)C1CCC(N)CC1. The van der Waals surface area contributed by atoms with E-state index >= 15 is 0 Å². The van der Waals surface area contributed by atoms with Gasteiger partial charge in [0.25, 0.3) is 0 Å². The van der Waals surface area contributed by atoms with Gasteiger partial charge in [-0.3, -0.25) is 4.21 Å². The second-order valence-electron chi connectivity index (χ2n) is 4.95. The first-order valence-corrected chi connectivity index (χ1v) is 6.29. The van der Waals surface area contributed by atoms with Crippen molar-refractivity contribution in [3.8, 4) is 0 Å². The van der Waals surface area contributed by atoms with Gasteiger partial charge >= 0.3 is 0 Å². The topological polar surface area (TPSA) is 43.1 Å². The van der Waals surface area contributed by atoms with Crippen molar-refractivity contribution in [1.82, 2.24) is 0 Å².